The van der Waals surface area contributed by atoms with Crippen LogP contribution in [0, 0.1) is 0 Å². The van der Waals surface area contributed by atoms with Gasteiger partial charge in [-0.25, -0.2) is 0 Å². The zero-order valence-corrected chi connectivity index (χ0v) is 14.4. The lowest BCUT2D eigenvalue weighted by atomic mass is 10.2. The first-order valence-corrected chi connectivity index (χ1v) is 8.71. The second-order valence-corrected chi connectivity index (χ2v) is 7.60. The van der Waals surface area contributed by atoms with E-state index < -0.39 is 5.60 Å². The molecule has 1 aliphatic carbocycles. The van der Waals surface area contributed by atoms with E-state index in [9.17, 15) is 4.79 Å². The third-order valence-electron chi connectivity index (χ3n) is 3.32. The average Bonchev–Trinajstić information content (AvgIpc) is 3.02. The first kappa shape index (κ1) is 16.1. The van der Waals surface area contributed by atoms with Gasteiger partial charge >= 0.3 is 5.97 Å². The molecule has 7 heteroatoms. The zero-order chi connectivity index (χ0) is 16.4. The van der Waals surface area contributed by atoms with Crippen molar-refractivity contribution in [1.29, 1.82) is 0 Å². The van der Waals surface area contributed by atoms with Crippen molar-refractivity contribution in [3.05, 3.63) is 30.0 Å². The average molecular weight is 335 g/mol. The van der Waals surface area contributed by atoms with E-state index in [-0.39, 0.29) is 11.7 Å². The van der Waals surface area contributed by atoms with Crippen molar-refractivity contribution in [2.75, 3.05) is 5.75 Å². The molecule has 1 aliphatic rings. The summed E-state index contributed by atoms with van der Waals surface area (Å²) in [7, 11) is 0. The Labute approximate surface area is 139 Å². The predicted octanol–water partition coefficient (Wildman–Crippen LogP) is 3.23. The van der Waals surface area contributed by atoms with Crippen LogP contribution in [0.2, 0.25) is 0 Å². The number of hydrogen-bond donors (Lipinski definition) is 0. The number of rotatable bonds is 6. The minimum atomic E-state index is -0.474. The molecule has 0 amide bonds. The van der Waals surface area contributed by atoms with Gasteiger partial charge in [-0.15, -0.1) is 10.2 Å². The largest absolute Gasteiger partial charge is 0.467 e. The lowest BCUT2D eigenvalue weighted by Gasteiger charge is -2.19. The van der Waals surface area contributed by atoms with Gasteiger partial charge in [-0.1, -0.05) is 11.8 Å². The highest BCUT2D eigenvalue weighted by Crippen LogP contribution is 2.40. The first-order chi connectivity index (χ1) is 10.9. The standard InChI is InChI=1S/C16H21N3O3S/c1-16(2,3)22-13(20)10-23-15-18-17-14(11-6-7-11)19(15)9-12-5-4-8-21-12/h4-5,8,11H,6-7,9-10H2,1-3H3. The fraction of sp³-hybridized carbons (Fsp3) is 0.562. The van der Waals surface area contributed by atoms with Gasteiger partial charge < -0.3 is 9.15 Å². The van der Waals surface area contributed by atoms with Crippen LogP contribution in [0.4, 0.5) is 0 Å². The van der Waals surface area contributed by atoms with Crippen LogP contribution in [-0.4, -0.2) is 32.1 Å². The van der Waals surface area contributed by atoms with Crippen LogP contribution in [0.25, 0.3) is 0 Å². The molecule has 124 valence electrons. The number of furan rings is 1. The quantitative estimate of drug-likeness (QED) is 0.596. The summed E-state index contributed by atoms with van der Waals surface area (Å²) in [6.07, 6.45) is 3.95. The lowest BCUT2D eigenvalue weighted by molar-refractivity contribution is -0.151. The second kappa shape index (κ2) is 6.39. The van der Waals surface area contributed by atoms with Gasteiger partial charge in [0.05, 0.1) is 18.6 Å². The SMILES string of the molecule is CC(C)(C)OC(=O)CSc1nnc(C2CC2)n1Cc1ccco1. The van der Waals surface area contributed by atoms with Gasteiger partial charge in [0.25, 0.3) is 0 Å². The summed E-state index contributed by atoms with van der Waals surface area (Å²) in [6, 6.07) is 3.79. The number of hydrogen-bond acceptors (Lipinski definition) is 6. The van der Waals surface area contributed by atoms with Crippen molar-refractivity contribution in [3.63, 3.8) is 0 Å². The highest BCUT2D eigenvalue weighted by molar-refractivity contribution is 7.99. The topological polar surface area (TPSA) is 70.2 Å². The van der Waals surface area contributed by atoms with Gasteiger partial charge in [0.15, 0.2) is 5.16 Å². The molecule has 0 saturated heterocycles. The van der Waals surface area contributed by atoms with E-state index in [1.165, 1.54) is 11.8 Å². The van der Waals surface area contributed by atoms with Gasteiger partial charge in [0.1, 0.15) is 17.2 Å². The zero-order valence-electron chi connectivity index (χ0n) is 13.6. The Morgan fingerprint density at radius 3 is 2.83 bits per heavy atom. The van der Waals surface area contributed by atoms with Crippen LogP contribution < -0.4 is 0 Å². The van der Waals surface area contributed by atoms with Crippen molar-refractivity contribution in [2.24, 2.45) is 0 Å². The van der Waals surface area contributed by atoms with E-state index in [1.54, 1.807) is 6.26 Å². The van der Waals surface area contributed by atoms with Crippen molar-refractivity contribution in [2.45, 2.75) is 56.8 Å². The molecule has 0 radical (unpaired) electrons. The Morgan fingerprint density at radius 1 is 1.43 bits per heavy atom. The van der Waals surface area contributed by atoms with Crippen LogP contribution in [0.5, 0.6) is 0 Å². The summed E-state index contributed by atoms with van der Waals surface area (Å²) in [5, 5.41) is 9.29. The molecule has 2 heterocycles. The van der Waals surface area contributed by atoms with Gasteiger partial charge in [-0.2, -0.15) is 0 Å². The maximum Gasteiger partial charge on any atom is 0.316 e. The van der Waals surface area contributed by atoms with Crippen LogP contribution in [0.15, 0.2) is 28.0 Å². The maximum atomic E-state index is 11.9. The molecule has 0 aromatic carbocycles. The summed E-state index contributed by atoms with van der Waals surface area (Å²) < 4.78 is 12.8. The molecule has 0 unspecified atom stereocenters. The van der Waals surface area contributed by atoms with Crippen molar-refractivity contribution < 1.29 is 13.9 Å². The molecule has 0 aliphatic heterocycles. The Hall–Kier alpha value is -1.76. The molecular formula is C16H21N3O3S. The summed E-state index contributed by atoms with van der Waals surface area (Å²) in [6.45, 7) is 6.17. The third kappa shape index (κ3) is 4.37. The molecule has 6 nitrogen and oxygen atoms in total. The fourth-order valence-corrected chi connectivity index (χ4v) is 2.97. The van der Waals surface area contributed by atoms with Crippen LogP contribution >= 0.6 is 11.8 Å². The lowest BCUT2D eigenvalue weighted by Crippen LogP contribution is -2.25. The van der Waals surface area contributed by atoms with Crippen molar-refractivity contribution in [1.82, 2.24) is 14.8 Å². The second-order valence-electron chi connectivity index (χ2n) is 6.66. The summed E-state index contributed by atoms with van der Waals surface area (Å²) >= 11 is 1.36. The Kier molecular flexibility index (Phi) is 4.48. The minimum Gasteiger partial charge on any atom is -0.467 e. The number of ether oxygens (including phenoxy) is 1. The van der Waals surface area contributed by atoms with E-state index in [0.29, 0.717) is 12.5 Å². The molecule has 0 spiro atoms. The molecule has 1 saturated carbocycles. The van der Waals surface area contributed by atoms with Gasteiger partial charge in [-0.3, -0.25) is 9.36 Å². The molecule has 1 fully saturated rings. The van der Waals surface area contributed by atoms with E-state index in [1.807, 2.05) is 37.5 Å². The third-order valence-corrected chi connectivity index (χ3v) is 4.26. The number of thioether (sulfide) groups is 1. The Balaban J connectivity index is 1.70. The van der Waals surface area contributed by atoms with Crippen molar-refractivity contribution in [3.8, 4) is 0 Å². The van der Waals surface area contributed by atoms with Crippen molar-refractivity contribution >= 4 is 17.7 Å². The number of carbonyl (C=O) groups is 1. The summed E-state index contributed by atoms with van der Waals surface area (Å²) in [5.74, 6) is 2.29. The molecule has 2 aromatic heterocycles. The molecule has 2 aromatic rings. The van der Waals surface area contributed by atoms with Crippen LogP contribution in [0.1, 0.15) is 51.1 Å². The molecule has 23 heavy (non-hydrogen) atoms. The van der Waals surface area contributed by atoms with E-state index in [2.05, 4.69) is 10.2 Å². The first-order valence-electron chi connectivity index (χ1n) is 7.72. The molecule has 0 atom stereocenters. The van der Waals surface area contributed by atoms with E-state index >= 15 is 0 Å². The number of esters is 1. The van der Waals surface area contributed by atoms with Crippen LogP contribution in [0.3, 0.4) is 0 Å². The maximum absolute atomic E-state index is 11.9. The smallest absolute Gasteiger partial charge is 0.316 e. The number of nitrogens with zero attached hydrogens (tertiary/aromatic N) is 3. The Bertz CT molecular complexity index is 669. The fourth-order valence-electron chi connectivity index (χ4n) is 2.25. The molecular weight excluding hydrogens is 314 g/mol. The predicted molar refractivity (Wildman–Crippen MR) is 86.4 cm³/mol. The van der Waals surface area contributed by atoms with Gasteiger partial charge in [0, 0.05) is 5.92 Å². The number of aromatic nitrogens is 3. The van der Waals surface area contributed by atoms with E-state index in [4.69, 9.17) is 9.15 Å². The van der Waals surface area contributed by atoms with Gasteiger partial charge in [-0.05, 0) is 45.7 Å². The molecule has 0 N–H and O–H groups in total. The summed E-state index contributed by atoms with van der Waals surface area (Å²) in [5.41, 5.74) is -0.474. The molecule has 3 rings (SSSR count). The highest BCUT2D eigenvalue weighted by Gasteiger charge is 2.31. The minimum absolute atomic E-state index is 0.220. The Morgan fingerprint density at radius 2 is 2.22 bits per heavy atom. The van der Waals surface area contributed by atoms with Crippen LogP contribution in [-0.2, 0) is 16.1 Å². The summed E-state index contributed by atoms with van der Waals surface area (Å²) in [4.78, 5) is 11.9. The normalized spacial score (nSPS) is 14.9. The molecule has 0 bridgehead atoms. The monoisotopic (exact) mass is 335 g/mol. The van der Waals surface area contributed by atoms with Gasteiger partial charge in [0.2, 0.25) is 0 Å². The highest BCUT2D eigenvalue weighted by atomic mass is 32.2. The van der Waals surface area contributed by atoms with E-state index in [0.717, 1.165) is 29.6 Å². The number of carbonyl (C=O) groups excluding carboxylic acids is 1.